The van der Waals surface area contributed by atoms with Crippen molar-refractivity contribution in [3.05, 3.63) is 10.6 Å². The summed E-state index contributed by atoms with van der Waals surface area (Å²) in [6.45, 7) is 1.17. The van der Waals surface area contributed by atoms with Crippen LogP contribution >= 0.6 is 49.7 Å². The fourth-order valence-electron chi connectivity index (χ4n) is 4.46. The third-order valence-electron chi connectivity index (χ3n) is 6.92. The third kappa shape index (κ3) is 40.5. The molecule has 0 bridgehead atoms. The molecule has 0 aliphatic heterocycles. The van der Waals surface area contributed by atoms with Gasteiger partial charge in [0.1, 0.15) is 0 Å². The van der Waals surface area contributed by atoms with Crippen LogP contribution in [0.25, 0.3) is 10.6 Å². The Morgan fingerprint density at radius 2 is 0.814 bits per heavy atom. The van der Waals surface area contributed by atoms with Crippen LogP contribution in [0.2, 0.25) is 0 Å². The number of aliphatic carboxylic acids is 2. The van der Waals surface area contributed by atoms with Crippen LogP contribution in [0.4, 0.5) is 0 Å². The Bertz CT molecular complexity index is 655. The predicted octanol–water partition coefficient (Wildman–Crippen LogP) is 9.61. The average molecular weight is 847 g/mol. The van der Waals surface area contributed by atoms with Gasteiger partial charge in [-0.1, -0.05) is 87.0 Å². The number of thiocarbonyl (C=S) groups is 2. The van der Waals surface area contributed by atoms with Gasteiger partial charge in [0, 0.05) is 43.4 Å². The summed E-state index contributed by atoms with van der Waals surface area (Å²) in [5, 5.41) is 26.9. The first kappa shape index (κ1) is 47.9. The van der Waals surface area contributed by atoms with Crippen molar-refractivity contribution in [2.45, 2.75) is 152 Å². The van der Waals surface area contributed by atoms with Crippen molar-refractivity contribution in [1.82, 2.24) is 0 Å². The molecule has 0 saturated carbocycles. The van der Waals surface area contributed by atoms with Gasteiger partial charge in [-0.3, -0.25) is 9.59 Å². The summed E-state index contributed by atoms with van der Waals surface area (Å²) >= 11 is 21.1. The standard InChI is InChI=1S/C30H56N2O4S4.O.2Tc/c33-29(34)17-13-9-5-1-3-7-11-15-25(37)19-21-27(39)31-23-24-32-28(40)22-20-26(38)16-12-8-4-2-6-10-14-18-30(35)36;;;/h25-26H,1-24H2,(H6,31,32,33,34,35,36,37,38,39,40);;;/p-2. The number of unbranched alkanes of at least 4 members (excludes halogenated alkanes) is 12. The Morgan fingerprint density at radius 3 is 1.12 bits per heavy atom. The largest absolute Gasteiger partial charge is 0 e. The summed E-state index contributed by atoms with van der Waals surface area (Å²) in [5.74, 6) is -1.39. The Kier molecular flexibility index (Phi) is 41.2. The molecule has 0 aromatic heterocycles. The van der Waals surface area contributed by atoms with E-state index in [-0.39, 0.29) is 20.1 Å². The van der Waals surface area contributed by atoms with Crippen molar-refractivity contribution >= 4 is 71.6 Å². The van der Waals surface area contributed by atoms with Gasteiger partial charge in [0.25, 0.3) is 0 Å². The molecule has 2 atom stereocenters. The fourth-order valence-corrected chi connectivity index (χ4v) is 5.50. The van der Waals surface area contributed by atoms with E-state index in [0.29, 0.717) is 36.4 Å². The van der Waals surface area contributed by atoms with Gasteiger partial charge >= 0.3 is 34.3 Å². The van der Waals surface area contributed by atoms with E-state index >= 15 is 0 Å². The number of nitrogens with zero attached hydrogens (tertiary/aromatic N) is 2. The molecule has 2 unspecified atom stereocenters. The quantitative estimate of drug-likeness (QED) is 0.0337. The summed E-state index contributed by atoms with van der Waals surface area (Å²) < 4.78 is 8.22. The number of carboxylic acid groups (broad SMARTS) is 2. The third-order valence-corrected chi connectivity index (χ3v) is 8.61. The molecule has 0 aromatic carbocycles. The van der Waals surface area contributed by atoms with E-state index in [9.17, 15) is 9.59 Å². The SMILES string of the molecule is O=C(O)CCCCCCCCCC(S)CCC(=S)[N-]CC[N-]C(=S)CCC(S)CCCCCCCCCC(=O)O.[O]=[Tc].[Tc]. The van der Waals surface area contributed by atoms with Crippen LogP contribution in [-0.2, 0) is 52.1 Å². The molecule has 7 nitrogen and oxygen atoms in total. The van der Waals surface area contributed by atoms with E-state index in [1.807, 2.05) is 0 Å². The number of carboxylic acids is 2. The second kappa shape index (κ2) is 37.0. The van der Waals surface area contributed by atoms with Crippen molar-refractivity contribution in [2.24, 2.45) is 0 Å². The van der Waals surface area contributed by atoms with Gasteiger partial charge in [0.15, 0.2) is 0 Å². The fraction of sp³-hybridized carbons (Fsp3) is 0.867. The Morgan fingerprint density at radius 1 is 0.535 bits per heavy atom. The smallest absolute Gasteiger partial charge is 0 e. The van der Waals surface area contributed by atoms with E-state index in [1.54, 1.807) is 0 Å². The molecule has 0 rings (SSSR count). The second-order valence-corrected chi connectivity index (χ2v) is 13.2. The predicted molar refractivity (Wildman–Crippen MR) is 185 cm³/mol. The Labute approximate surface area is 307 Å². The maximum absolute atomic E-state index is 10.5. The summed E-state index contributed by atoms with van der Waals surface area (Å²) in [7, 11) is 0. The molecule has 0 heterocycles. The van der Waals surface area contributed by atoms with Crippen LogP contribution in [0.3, 0.4) is 0 Å². The molecule has 1 radical (unpaired) electrons. The number of carbonyl (C=O) groups is 2. The first-order valence-corrected chi connectivity index (χ1v) is 18.2. The molecule has 0 spiro atoms. The van der Waals surface area contributed by atoms with Crippen LogP contribution in [0.15, 0.2) is 0 Å². The maximum Gasteiger partial charge on any atom is 0 e. The monoisotopic (exact) mass is 844 g/mol. The normalized spacial score (nSPS) is 11.8. The van der Waals surface area contributed by atoms with Crippen LogP contribution < -0.4 is 0 Å². The molecule has 0 amide bonds. The zero-order valence-electron chi connectivity index (χ0n) is 25.6. The number of rotatable bonds is 29. The van der Waals surface area contributed by atoms with Crippen LogP contribution in [0.1, 0.15) is 141 Å². The first-order chi connectivity index (χ1) is 20.2. The van der Waals surface area contributed by atoms with Gasteiger partial charge in [-0.2, -0.15) is 25.3 Å². The van der Waals surface area contributed by atoms with Crippen molar-refractivity contribution in [3.8, 4) is 0 Å². The molecule has 43 heavy (non-hydrogen) atoms. The van der Waals surface area contributed by atoms with Crippen molar-refractivity contribution < 1.29 is 62.3 Å². The second-order valence-electron chi connectivity index (χ2n) is 10.8. The summed E-state index contributed by atoms with van der Waals surface area (Å²) in [5.41, 5.74) is 0. The molecule has 0 aliphatic rings. The van der Waals surface area contributed by atoms with Gasteiger partial charge in [-0.25, -0.2) is 0 Å². The number of hydrogen-bond acceptors (Lipinski definition) is 7. The van der Waals surface area contributed by atoms with E-state index < -0.39 is 11.9 Å². The van der Waals surface area contributed by atoms with Crippen LogP contribution in [0.5, 0.6) is 0 Å². The van der Waals surface area contributed by atoms with Gasteiger partial charge in [0.2, 0.25) is 0 Å². The van der Waals surface area contributed by atoms with E-state index in [4.69, 9.17) is 63.4 Å². The molecule has 0 aromatic rings. The van der Waals surface area contributed by atoms with E-state index in [0.717, 1.165) is 106 Å². The van der Waals surface area contributed by atoms with Gasteiger partial charge in [0.05, 0.1) is 0 Å². The van der Waals surface area contributed by atoms with E-state index in [1.165, 1.54) is 51.4 Å². The zero-order valence-corrected chi connectivity index (χ0v) is 32.7. The Hall–Kier alpha value is 0.519. The average Bonchev–Trinajstić information content (AvgIpc) is 2.96. The van der Waals surface area contributed by atoms with Crippen molar-refractivity contribution in [1.29, 1.82) is 0 Å². The van der Waals surface area contributed by atoms with Crippen LogP contribution in [0, 0.1) is 0 Å². The van der Waals surface area contributed by atoms with E-state index in [2.05, 4.69) is 10.6 Å². The molecule has 0 fully saturated rings. The topological polar surface area (TPSA) is 120 Å². The summed E-state index contributed by atoms with van der Waals surface area (Å²) in [6, 6.07) is 0. The van der Waals surface area contributed by atoms with Gasteiger partial charge in [-0.15, -0.1) is 37.5 Å². The minimum Gasteiger partial charge on any atom is 0 e. The molecule has 0 aliphatic carbocycles. The minimum atomic E-state index is -0.695. The van der Waals surface area contributed by atoms with Crippen LogP contribution in [-0.4, -0.2) is 55.7 Å². The molecule has 254 valence electrons. The minimum absolute atomic E-state index is 0. The molecule has 2 N–H and O–H groups in total. The molecular weight excluding hydrogens is 793 g/mol. The zero-order chi connectivity index (χ0) is 31.8. The van der Waals surface area contributed by atoms with Gasteiger partial charge < -0.3 is 20.8 Å². The van der Waals surface area contributed by atoms with Crippen molar-refractivity contribution in [3.63, 3.8) is 0 Å². The number of hydrogen-bond donors (Lipinski definition) is 4. The Balaban J connectivity index is -0.00000521. The maximum atomic E-state index is 10.5. The first-order valence-electron chi connectivity index (χ1n) is 15.6. The molecular formula is C30H54N2O5S4Tc2-2. The van der Waals surface area contributed by atoms with Gasteiger partial charge in [-0.05, 0) is 51.4 Å². The summed E-state index contributed by atoms with van der Waals surface area (Å²) in [6.07, 6.45) is 21.7. The number of thiol groups is 2. The molecule has 13 heteroatoms. The summed E-state index contributed by atoms with van der Waals surface area (Å²) in [4.78, 5) is 22.5. The molecule has 0 saturated heterocycles. The van der Waals surface area contributed by atoms with Crippen molar-refractivity contribution in [2.75, 3.05) is 13.1 Å².